The standard InChI is InChI=1S/C23H18BrNO4/c24-17-7-1-13(2-8-17)12-29-23(28)14-5-9-18(10-6-14)25-21(26)19-15-3-4-16(11-15)20(19)22(25)27/h1-10,15-16,19-20H,11-12H2. The molecule has 1 saturated carbocycles. The van der Waals surface area contributed by atoms with E-state index in [2.05, 4.69) is 28.1 Å². The van der Waals surface area contributed by atoms with Gasteiger partial charge in [0.1, 0.15) is 6.61 Å². The Morgan fingerprint density at radius 1 is 0.931 bits per heavy atom. The summed E-state index contributed by atoms with van der Waals surface area (Å²) in [5, 5.41) is 0. The number of ether oxygens (including phenoxy) is 1. The number of halogens is 1. The van der Waals surface area contributed by atoms with Crippen LogP contribution < -0.4 is 4.90 Å². The Bertz CT molecular complexity index is 998. The summed E-state index contributed by atoms with van der Waals surface area (Å²) in [6.45, 7) is 0.177. The lowest BCUT2D eigenvalue weighted by molar-refractivity contribution is -0.123. The van der Waals surface area contributed by atoms with Crippen molar-refractivity contribution in [2.75, 3.05) is 4.90 Å². The average Bonchev–Trinajstić information content (AvgIpc) is 3.41. The van der Waals surface area contributed by atoms with Crippen LogP contribution in [0.1, 0.15) is 22.3 Å². The van der Waals surface area contributed by atoms with Crippen molar-refractivity contribution in [3.63, 3.8) is 0 Å². The van der Waals surface area contributed by atoms with Gasteiger partial charge in [0.2, 0.25) is 11.8 Å². The molecule has 1 saturated heterocycles. The summed E-state index contributed by atoms with van der Waals surface area (Å²) in [6, 6.07) is 14.0. The average molecular weight is 452 g/mol. The number of hydrogen-bond acceptors (Lipinski definition) is 4. The van der Waals surface area contributed by atoms with E-state index < -0.39 is 5.97 Å². The molecule has 2 bridgehead atoms. The highest BCUT2D eigenvalue weighted by Gasteiger charge is 2.59. The first-order chi connectivity index (χ1) is 14.0. The molecule has 3 aliphatic rings. The largest absolute Gasteiger partial charge is 0.457 e. The van der Waals surface area contributed by atoms with E-state index >= 15 is 0 Å². The predicted molar refractivity (Wildman–Crippen MR) is 110 cm³/mol. The molecule has 5 rings (SSSR count). The van der Waals surface area contributed by atoms with Gasteiger partial charge in [0.15, 0.2) is 0 Å². The second-order valence-electron chi connectivity index (χ2n) is 7.76. The van der Waals surface area contributed by atoms with E-state index in [1.54, 1.807) is 24.3 Å². The van der Waals surface area contributed by atoms with Gasteiger partial charge < -0.3 is 4.74 Å². The topological polar surface area (TPSA) is 63.7 Å². The number of fused-ring (bicyclic) bond motifs is 5. The zero-order valence-electron chi connectivity index (χ0n) is 15.5. The van der Waals surface area contributed by atoms with Crippen molar-refractivity contribution < 1.29 is 19.1 Å². The van der Waals surface area contributed by atoms with E-state index in [4.69, 9.17) is 4.74 Å². The zero-order chi connectivity index (χ0) is 20.1. The van der Waals surface area contributed by atoms with Crippen LogP contribution in [0.15, 0.2) is 65.2 Å². The predicted octanol–water partition coefficient (Wildman–Crippen LogP) is 4.12. The molecule has 2 aromatic carbocycles. The van der Waals surface area contributed by atoms with Gasteiger partial charge in [0.25, 0.3) is 0 Å². The van der Waals surface area contributed by atoms with Crippen LogP contribution in [0.25, 0.3) is 0 Å². The molecule has 4 unspecified atom stereocenters. The first kappa shape index (κ1) is 18.3. The summed E-state index contributed by atoms with van der Waals surface area (Å²) in [5.41, 5.74) is 1.78. The Kier molecular flexibility index (Phi) is 4.39. The van der Waals surface area contributed by atoms with Crippen molar-refractivity contribution in [1.29, 1.82) is 0 Å². The Balaban J connectivity index is 1.28. The Hall–Kier alpha value is -2.73. The number of imide groups is 1. The SMILES string of the molecule is O=C(OCc1ccc(Br)cc1)c1ccc(N2C(=O)C3C4C=CC(C4)C3C2=O)cc1. The molecule has 1 aliphatic heterocycles. The van der Waals surface area contributed by atoms with E-state index in [0.717, 1.165) is 16.5 Å². The second kappa shape index (κ2) is 6.95. The highest BCUT2D eigenvalue weighted by atomic mass is 79.9. The zero-order valence-corrected chi connectivity index (χ0v) is 17.0. The van der Waals surface area contributed by atoms with Crippen LogP contribution in [-0.2, 0) is 20.9 Å². The molecule has 6 heteroatoms. The van der Waals surface area contributed by atoms with Gasteiger partial charge in [-0.25, -0.2) is 4.79 Å². The first-order valence-corrected chi connectivity index (χ1v) is 10.4. The molecule has 5 nitrogen and oxygen atoms in total. The molecule has 2 amide bonds. The van der Waals surface area contributed by atoms with Crippen LogP contribution in [0.4, 0.5) is 5.69 Å². The third kappa shape index (κ3) is 3.02. The van der Waals surface area contributed by atoms with Crippen molar-refractivity contribution in [1.82, 2.24) is 0 Å². The molecule has 1 heterocycles. The Morgan fingerprint density at radius 3 is 2.10 bits per heavy atom. The summed E-state index contributed by atoms with van der Waals surface area (Å²) >= 11 is 3.37. The number of esters is 1. The molecular formula is C23H18BrNO4. The van der Waals surface area contributed by atoms with Gasteiger partial charge in [-0.3, -0.25) is 14.5 Å². The summed E-state index contributed by atoms with van der Waals surface area (Å²) < 4.78 is 6.31. The highest BCUT2D eigenvalue weighted by molar-refractivity contribution is 9.10. The summed E-state index contributed by atoms with van der Waals surface area (Å²) in [4.78, 5) is 39.3. The molecule has 2 aliphatic carbocycles. The van der Waals surface area contributed by atoms with Crippen LogP contribution in [-0.4, -0.2) is 17.8 Å². The monoisotopic (exact) mass is 451 g/mol. The molecular weight excluding hydrogens is 434 g/mol. The van der Waals surface area contributed by atoms with Gasteiger partial charge in [0, 0.05) is 4.47 Å². The van der Waals surface area contributed by atoms with Crippen LogP contribution in [0.5, 0.6) is 0 Å². The van der Waals surface area contributed by atoms with Crippen LogP contribution in [0, 0.1) is 23.7 Å². The minimum atomic E-state index is -0.447. The lowest BCUT2D eigenvalue weighted by Gasteiger charge is -2.17. The minimum absolute atomic E-state index is 0.123. The van der Waals surface area contributed by atoms with E-state index in [-0.39, 0.29) is 42.1 Å². The van der Waals surface area contributed by atoms with Crippen LogP contribution in [0.2, 0.25) is 0 Å². The quantitative estimate of drug-likeness (QED) is 0.398. The van der Waals surface area contributed by atoms with E-state index in [9.17, 15) is 14.4 Å². The van der Waals surface area contributed by atoms with Gasteiger partial charge in [-0.2, -0.15) is 0 Å². The molecule has 29 heavy (non-hydrogen) atoms. The van der Waals surface area contributed by atoms with Gasteiger partial charge >= 0.3 is 5.97 Å². The molecule has 0 N–H and O–H groups in total. The fourth-order valence-corrected chi connectivity index (χ4v) is 4.98. The molecule has 2 aromatic rings. The Morgan fingerprint density at radius 2 is 1.52 bits per heavy atom. The highest BCUT2D eigenvalue weighted by Crippen LogP contribution is 2.53. The number of carbonyl (C=O) groups is 3. The smallest absolute Gasteiger partial charge is 0.338 e. The van der Waals surface area contributed by atoms with E-state index in [1.165, 1.54) is 4.90 Å². The Labute approximate surface area is 176 Å². The number of allylic oxidation sites excluding steroid dienone is 2. The van der Waals surface area contributed by atoms with Gasteiger partial charge in [-0.1, -0.05) is 40.2 Å². The van der Waals surface area contributed by atoms with Gasteiger partial charge in [0.05, 0.1) is 23.1 Å². The number of nitrogens with zero attached hydrogens (tertiary/aromatic N) is 1. The normalized spacial score (nSPS) is 26.9. The number of carbonyl (C=O) groups excluding carboxylic acids is 3. The van der Waals surface area contributed by atoms with E-state index in [1.807, 2.05) is 24.3 Å². The maximum atomic E-state index is 12.9. The number of anilines is 1. The van der Waals surface area contributed by atoms with Crippen molar-refractivity contribution in [3.8, 4) is 0 Å². The van der Waals surface area contributed by atoms with E-state index in [0.29, 0.717) is 11.3 Å². The second-order valence-corrected chi connectivity index (χ2v) is 8.68. The van der Waals surface area contributed by atoms with Gasteiger partial charge in [-0.15, -0.1) is 0 Å². The molecule has 0 spiro atoms. The fraction of sp³-hybridized carbons (Fsp3) is 0.261. The molecule has 0 radical (unpaired) electrons. The molecule has 146 valence electrons. The third-order valence-corrected chi connectivity index (χ3v) is 6.64. The third-order valence-electron chi connectivity index (χ3n) is 6.11. The maximum Gasteiger partial charge on any atom is 0.338 e. The maximum absolute atomic E-state index is 12.9. The lowest BCUT2D eigenvalue weighted by atomic mass is 9.85. The molecule has 4 atom stereocenters. The summed E-state index contributed by atoms with van der Waals surface area (Å²) in [5.74, 6) is -0.790. The number of hydrogen-bond donors (Lipinski definition) is 0. The number of rotatable bonds is 4. The van der Waals surface area contributed by atoms with Gasteiger partial charge in [-0.05, 0) is 60.2 Å². The van der Waals surface area contributed by atoms with Crippen molar-refractivity contribution in [2.45, 2.75) is 13.0 Å². The number of amides is 2. The van der Waals surface area contributed by atoms with Crippen molar-refractivity contribution >= 4 is 39.4 Å². The summed E-state index contributed by atoms with van der Waals surface area (Å²) in [6.07, 6.45) is 5.06. The van der Waals surface area contributed by atoms with Crippen LogP contribution in [0.3, 0.4) is 0 Å². The lowest BCUT2D eigenvalue weighted by Crippen LogP contribution is -2.32. The molecule has 0 aromatic heterocycles. The summed E-state index contributed by atoms with van der Waals surface area (Å²) in [7, 11) is 0. The van der Waals surface area contributed by atoms with Crippen molar-refractivity contribution in [2.24, 2.45) is 23.7 Å². The minimum Gasteiger partial charge on any atom is -0.457 e. The number of benzene rings is 2. The van der Waals surface area contributed by atoms with Crippen molar-refractivity contribution in [3.05, 3.63) is 76.3 Å². The van der Waals surface area contributed by atoms with Crippen LogP contribution >= 0.6 is 15.9 Å². The molecule has 2 fully saturated rings. The first-order valence-electron chi connectivity index (χ1n) is 9.61. The fourth-order valence-electron chi connectivity index (χ4n) is 4.72.